The van der Waals surface area contributed by atoms with E-state index in [-0.39, 0.29) is 0 Å². The first-order chi connectivity index (χ1) is 9.36. The topological polar surface area (TPSA) is 31.1 Å². The van der Waals surface area contributed by atoms with Crippen molar-refractivity contribution >= 4 is 10.9 Å². The van der Waals surface area contributed by atoms with Crippen LogP contribution in [0.15, 0.2) is 24.3 Å². The maximum atomic E-state index is 3.69. The predicted molar refractivity (Wildman–Crippen MR) is 78.4 cm³/mol. The molecule has 2 aromatic rings. The van der Waals surface area contributed by atoms with Gasteiger partial charge in [-0.25, -0.2) is 0 Å². The Bertz CT molecular complexity index is 601. The minimum Gasteiger partial charge on any atom is -0.357 e. The Labute approximate surface area is 114 Å². The maximum absolute atomic E-state index is 3.69. The highest BCUT2D eigenvalue weighted by Crippen LogP contribution is 2.39. The van der Waals surface area contributed by atoms with Gasteiger partial charge in [0.25, 0.3) is 0 Å². The zero-order valence-electron chi connectivity index (χ0n) is 11.4. The van der Waals surface area contributed by atoms with Gasteiger partial charge in [-0.05, 0) is 37.9 Å². The highest BCUT2D eigenvalue weighted by Gasteiger charge is 2.34. The van der Waals surface area contributed by atoms with Crippen molar-refractivity contribution in [3.8, 4) is 0 Å². The Morgan fingerprint density at radius 3 is 3.05 bits per heavy atom. The summed E-state index contributed by atoms with van der Waals surface area (Å²) in [5.41, 5.74) is 4.35. The lowest BCUT2D eigenvalue weighted by atomic mass is 9.88. The first-order valence-electron chi connectivity index (χ1n) is 7.37. The van der Waals surface area contributed by atoms with E-state index in [2.05, 4.69) is 46.5 Å². The lowest BCUT2D eigenvalue weighted by molar-refractivity contribution is 0.116. The molecule has 4 rings (SSSR count). The molecule has 1 aromatic heterocycles. The molecule has 3 nitrogen and oxygen atoms in total. The van der Waals surface area contributed by atoms with Crippen LogP contribution in [0.3, 0.4) is 0 Å². The molecule has 2 atom stereocenters. The van der Waals surface area contributed by atoms with E-state index in [0.717, 1.165) is 0 Å². The molecule has 2 aliphatic rings. The van der Waals surface area contributed by atoms with Gasteiger partial charge >= 0.3 is 0 Å². The number of nitrogens with one attached hydrogen (secondary N) is 2. The van der Waals surface area contributed by atoms with E-state index in [9.17, 15) is 0 Å². The summed E-state index contributed by atoms with van der Waals surface area (Å²) in [7, 11) is 2.09. The van der Waals surface area contributed by atoms with E-state index in [1.54, 1.807) is 5.56 Å². The number of fused-ring (bicyclic) bond motifs is 5. The zero-order valence-corrected chi connectivity index (χ0v) is 11.4. The molecule has 3 heterocycles. The van der Waals surface area contributed by atoms with Crippen molar-refractivity contribution in [2.24, 2.45) is 0 Å². The third-order valence-corrected chi connectivity index (χ3v) is 4.95. The van der Waals surface area contributed by atoms with Gasteiger partial charge in [0.2, 0.25) is 0 Å². The SMILES string of the molecule is CN[C@@H]1CCN2CCc3c([nH]c4ccccc34)[C@H]2C1. The van der Waals surface area contributed by atoms with Gasteiger partial charge in [0.05, 0.1) is 6.04 Å². The minimum absolute atomic E-state index is 0.586. The number of para-hydroxylation sites is 1. The highest BCUT2D eigenvalue weighted by molar-refractivity contribution is 5.85. The summed E-state index contributed by atoms with van der Waals surface area (Å²) in [5.74, 6) is 0. The Balaban J connectivity index is 1.80. The smallest absolute Gasteiger partial charge is 0.0516 e. The van der Waals surface area contributed by atoms with Crippen LogP contribution in [-0.4, -0.2) is 36.1 Å². The summed E-state index contributed by atoms with van der Waals surface area (Å²) in [6.07, 6.45) is 3.71. The van der Waals surface area contributed by atoms with Crippen LogP contribution in [0.2, 0.25) is 0 Å². The van der Waals surface area contributed by atoms with Crippen molar-refractivity contribution in [3.63, 3.8) is 0 Å². The van der Waals surface area contributed by atoms with Gasteiger partial charge in [0.1, 0.15) is 0 Å². The van der Waals surface area contributed by atoms with Crippen LogP contribution in [0.4, 0.5) is 0 Å². The Morgan fingerprint density at radius 1 is 1.26 bits per heavy atom. The van der Waals surface area contributed by atoms with E-state index in [0.29, 0.717) is 12.1 Å². The van der Waals surface area contributed by atoms with Gasteiger partial charge < -0.3 is 10.3 Å². The van der Waals surface area contributed by atoms with E-state index in [4.69, 9.17) is 0 Å². The monoisotopic (exact) mass is 255 g/mol. The first-order valence-corrected chi connectivity index (χ1v) is 7.37. The van der Waals surface area contributed by atoms with Crippen molar-refractivity contribution in [2.45, 2.75) is 31.3 Å². The van der Waals surface area contributed by atoms with Crippen molar-refractivity contribution in [3.05, 3.63) is 35.5 Å². The molecule has 0 saturated carbocycles. The van der Waals surface area contributed by atoms with Crippen LogP contribution >= 0.6 is 0 Å². The molecular weight excluding hydrogens is 234 g/mol. The number of benzene rings is 1. The number of aromatic nitrogens is 1. The van der Waals surface area contributed by atoms with Crippen LogP contribution in [0.25, 0.3) is 10.9 Å². The standard InChI is InChI=1S/C16H21N3/c1-17-11-6-8-19-9-7-13-12-4-2-3-5-14(12)18-16(13)15(19)10-11/h2-5,11,15,17-18H,6-10H2,1H3/t11-,15-/m1/s1. The van der Waals surface area contributed by atoms with E-state index in [1.807, 2.05) is 0 Å². The summed E-state index contributed by atoms with van der Waals surface area (Å²) < 4.78 is 0. The molecule has 0 radical (unpaired) electrons. The largest absolute Gasteiger partial charge is 0.357 e. The summed E-state index contributed by atoms with van der Waals surface area (Å²) in [6.45, 7) is 2.45. The number of nitrogens with zero attached hydrogens (tertiary/aromatic N) is 1. The van der Waals surface area contributed by atoms with Gasteiger partial charge in [-0.3, -0.25) is 4.90 Å². The van der Waals surface area contributed by atoms with Crippen LogP contribution in [0.1, 0.15) is 30.1 Å². The first kappa shape index (κ1) is 11.5. The molecule has 2 aliphatic heterocycles. The van der Waals surface area contributed by atoms with Crippen molar-refractivity contribution in [2.75, 3.05) is 20.1 Å². The zero-order chi connectivity index (χ0) is 12.8. The van der Waals surface area contributed by atoms with E-state index < -0.39 is 0 Å². The van der Waals surface area contributed by atoms with Crippen molar-refractivity contribution < 1.29 is 0 Å². The maximum Gasteiger partial charge on any atom is 0.0516 e. The number of piperidine rings is 1. The third kappa shape index (κ3) is 1.72. The van der Waals surface area contributed by atoms with Gasteiger partial charge in [0.15, 0.2) is 0 Å². The summed E-state index contributed by atoms with van der Waals surface area (Å²) >= 11 is 0. The van der Waals surface area contributed by atoms with Crippen LogP contribution in [-0.2, 0) is 6.42 Å². The second kappa shape index (κ2) is 4.36. The molecule has 19 heavy (non-hydrogen) atoms. The fraction of sp³-hybridized carbons (Fsp3) is 0.500. The highest BCUT2D eigenvalue weighted by atomic mass is 15.2. The summed E-state index contributed by atoms with van der Waals surface area (Å²) in [4.78, 5) is 6.35. The fourth-order valence-corrected chi connectivity index (χ4v) is 3.87. The van der Waals surface area contributed by atoms with Crippen LogP contribution in [0.5, 0.6) is 0 Å². The van der Waals surface area contributed by atoms with E-state index in [1.165, 1.54) is 48.9 Å². The average Bonchev–Trinajstić information content (AvgIpc) is 2.85. The molecule has 1 aromatic carbocycles. The van der Waals surface area contributed by atoms with Gasteiger partial charge in [0, 0.05) is 35.7 Å². The number of aromatic amines is 1. The molecule has 0 bridgehead atoms. The predicted octanol–water partition coefficient (Wildman–Crippen LogP) is 2.45. The molecule has 0 unspecified atom stereocenters. The third-order valence-electron chi connectivity index (χ3n) is 4.95. The number of H-pyrrole nitrogens is 1. The number of hydrogen-bond donors (Lipinski definition) is 2. The van der Waals surface area contributed by atoms with Crippen molar-refractivity contribution in [1.29, 1.82) is 0 Å². The molecule has 1 fully saturated rings. The summed E-state index contributed by atoms with van der Waals surface area (Å²) in [5, 5.41) is 4.89. The molecule has 3 heteroatoms. The Kier molecular flexibility index (Phi) is 2.64. The quantitative estimate of drug-likeness (QED) is 0.820. The number of hydrogen-bond acceptors (Lipinski definition) is 2. The molecular formula is C16H21N3. The summed E-state index contributed by atoms with van der Waals surface area (Å²) in [6, 6.07) is 10.00. The molecule has 2 N–H and O–H groups in total. The lowest BCUT2D eigenvalue weighted by Gasteiger charge is -2.42. The lowest BCUT2D eigenvalue weighted by Crippen LogP contribution is -2.46. The normalized spacial score (nSPS) is 27.2. The second-order valence-corrected chi connectivity index (χ2v) is 5.87. The Morgan fingerprint density at radius 2 is 2.16 bits per heavy atom. The fourth-order valence-electron chi connectivity index (χ4n) is 3.87. The average molecular weight is 255 g/mol. The van der Waals surface area contributed by atoms with E-state index >= 15 is 0 Å². The number of rotatable bonds is 1. The van der Waals surface area contributed by atoms with Crippen LogP contribution in [0, 0.1) is 0 Å². The van der Waals surface area contributed by atoms with Crippen molar-refractivity contribution in [1.82, 2.24) is 15.2 Å². The molecule has 100 valence electrons. The van der Waals surface area contributed by atoms with Gasteiger partial charge in [-0.15, -0.1) is 0 Å². The molecule has 0 amide bonds. The van der Waals surface area contributed by atoms with Crippen LogP contribution < -0.4 is 5.32 Å². The Hall–Kier alpha value is -1.32. The molecule has 0 aliphatic carbocycles. The molecule has 1 saturated heterocycles. The minimum atomic E-state index is 0.586. The molecule has 0 spiro atoms. The van der Waals surface area contributed by atoms with Gasteiger partial charge in [-0.1, -0.05) is 18.2 Å². The second-order valence-electron chi connectivity index (χ2n) is 5.87. The van der Waals surface area contributed by atoms with Gasteiger partial charge in [-0.2, -0.15) is 0 Å².